The molecule has 1 heterocycles. The summed E-state index contributed by atoms with van der Waals surface area (Å²) < 4.78 is 0. The summed E-state index contributed by atoms with van der Waals surface area (Å²) in [5, 5.41) is 3.37. The molecule has 3 heteroatoms. The molecule has 0 radical (unpaired) electrons. The number of nitrogens with one attached hydrogen (secondary N) is 1. The summed E-state index contributed by atoms with van der Waals surface area (Å²) in [6, 6.07) is 6.14. The first kappa shape index (κ1) is 14.1. The van der Waals surface area contributed by atoms with Crippen LogP contribution in [0, 0.1) is 6.92 Å². The monoisotopic (exact) mass is 260 g/mol. The molecular weight excluding hydrogens is 236 g/mol. The van der Waals surface area contributed by atoms with Crippen molar-refractivity contribution in [2.45, 2.75) is 52.6 Å². The summed E-state index contributed by atoms with van der Waals surface area (Å²) in [4.78, 5) is 14.5. The lowest BCUT2D eigenvalue weighted by atomic mass is 9.95. The van der Waals surface area contributed by atoms with Gasteiger partial charge in [-0.15, -0.1) is 0 Å². The Bertz CT molecular complexity index is 494. The summed E-state index contributed by atoms with van der Waals surface area (Å²) >= 11 is 0. The molecule has 0 bridgehead atoms. The molecule has 0 saturated carbocycles. The first-order chi connectivity index (χ1) is 8.85. The van der Waals surface area contributed by atoms with Gasteiger partial charge < -0.3 is 4.90 Å². The van der Waals surface area contributed by atoms with Crippen LogP contribution in [0.15, 0.2) is 18.2 Å². The van der Waals surface area contributed by atoms with E-state index in [0.717, 1.165) is 12.1 Å². The third-order valence-corrected chi connectivity index (χ3v) is 3.77. The van der Waals surface area contributed by atoms with Crippen molar-refractivity contribution in [1.82, 2.24) is 5.32 Å². The van der Waals surface area contributed by atoms with Crippen molar-refractivity contribution >= 4 is 11.6 Å². The molecule has 1 amide bonds. The molecular formula is C16H24N2O. The normalized spacial score (nSPS) is 22.7. The highest BCUT2D eigenvalue weighted by Gasteiger charge is 2.37. The fourth-order valence-corrected chi connectivity index (χ4v) is 2.98. The van der Waals surface area contributed by atoms with Crippen LogP contribution in [-0.2, 0) is 11.2 Å². The van der Waals surface area contributed by atoms with Gasteiger partial charge in [-0.3, -0.25) is 10.1 Å². The number of carbonyl (C=O) groups excluding carboxylic acids is 1. The van der Waals surface area contributed by atoms with E-state index in [9.17, 15) is 4.79 Å². The van der Waals surface area contributed by atoms with E-state index < -0.39 is 0 Å². The number of hydrogen-bond acceptors (Lipinski definition) is 2. The molecule has 1 aromatic carbocycles. The van der Waals surface area contributed by atoms with Crippen LogP contribution in [0.1, 0.15) is 38.8 Å². The number of aryl methyl sites for hydroxylation is 2. The van der Waals surface area contributed by atoms with E-state index >= 15 is 0 Å². The van der Waals surface area contributed by atoms with E-state index in [-0.39, 0.29) is 17.5 Å². The fourth-order valence-electron chi connectivity index (χ4n) is 2.98. The number of nitrogens with zero attached hydrogens (tertiary/aromatic N) is 1. The number of anilines is 1. The van der Waals surface area contributed by atoms with Crippen LogP contribution in [-0.4, -0.2) is 24.0 Å². The molecule has 1 saturated heterocycles. The highest BCUT2D eigenvalue weighted by molar-refractivity contribution is 5.99. The topological polar surface area (TPSA) is 32.3 Å². The predicted octanol–water partition coefficient (Wildman–Crippen LogP) is 2.66. The third kappa shape index (κ3) is 2.66. The highest BCUT2D eigenvalue weighted by atomic mass is 16.2. The number of rotatable bonds is 2. The van der Waals surface area contributed by atoms with Crippen LogP contribution in [0.5, 0.6) is 0 Å². The standard InChI is InChI=1S/C16H24N2O/c1-6-13-9-7-8-11(2)14(13)18-10-16(4,5)17-12(3)15(18)19/h7-9,12,17H,6,10H2,1-5H3. The van der Waals surface area contributed by atoms with Crippen LogP contribution < -0.4 is 10.2 Å². The van der Waals surface area contributed by atoms with Crippen molar-refractivity contribution in [2.24, 2.45) is 0 Å². The van der Waals surface area contributed by atoms with Crippen molar-refractivity contribution in [1.29, 1.82) is 0 Å². The summed E-state index contributed by atoms with van der Waals surface area (Å²) in [6.07, 6.45) is 0.947. The minimum absolute atomic E-state index is 0.0549. The first-order valence-electron chi connectivity index (χ1n) is 7.03. The zero-order chi connectivity index (χ0) is 14.2. The second-order valence-electron chi connectivity index (χ2n) is 6.11. The SMILES string of the molecule is CCc1cccc(C)c1N1CC(C)(C)NC(C)C1=O. The number of para-hydroxylation sites is 1. The van der Waals surface area contributed by atoms with Crippen LogP contribution in [0.3, 0.4) is 0 Å². The average Bonchev–Trinajstić information content (AvgIpc) is 2.33. The molecule has 1 aliphatic heterocycles. The Morgan fingerprint density at radius 3 is 2.74 bits per heavy atom. The highest BCUT2D eigenvalue weighted by Crippen LogP contribution is 2.29. The maximum atomic E-state index is 12.5. The van der Waals surface area contributed by atoms with Crippen molar-refractivity contribution in [3.8, 4) is 0 Å². The van der Waals surface area contributed by atoms with E-state index in [4.69, 9.17) is 0 Å². The summed E-state index contributed by atoms with van der Waals surface area (Å²) in [6.45, 7) is 11.2. The van der Waals surface area contributed by atoms with Crippen LogP contribution in [0.25, 0.3) is 0 Å². The van der Waals surface area contributed by atoms with Gasteiger partial charge in [-0.05, 0) is 45.2 Å². The Kier molecular flexibility index (Phi) is 3.68. The summed E-state index contributed by atoms with van der Waals surface area (Å²) in [5.74, 6) is 0.170. The number of benzene rings is 1. The molecule has 1 N–H and O–H groups in total. The summed E-state index contributed by atoms with van der Waals surface area (Å²) in [7, 11) is 0. The molecule has 0 aliphatic carbocycles. The molecule has 1 atom stereocenters. The van der Waals surface area contributed by atoms with Gasteiger partial charge in [0.2, 0.25) is 5.91 Å². The Morgan fingerprint density at radius 1 is 1.42 bits per heavy atom. The van der Waals surface area contributed by atoms with Gasteiger partial charge in [0.05, 0.1) is 6.04 Å². The fraction of sp³-hybridized carbons (Fsp3) is 0.562. The minimum atomic E-state index is -0.131. The van der Waals surface area contributed by atoms with Crippen molar-refractivity contribution in [3.63, 3.8) is 0 Å². The van der Waals surface area contributed by atoms with E-state index in [1.54, 1.807) is 0 Å². The van der Waals surface area contributed by atoms with E-state index in [0.29, 0.717) is 6.54 Å². The van der Waals surface area contributed by atoms with E-state index in [1.807, 2.05) is 11.8 Å². The van der Waals surface area contributed by atoms with E-state index in [2.05, 4.69) is 51.2 Å². The number of hydrogen-bond donors (Lipinski definition) is 1. The van der Waals surface area contributed by atoms with Crippen molar-refractivity contribution in [3.05, 3.63) is 29.3 Å². The van der Waals surface area contributed by atoms with Gasteiger partial charge in [-0.25, -0.2) is 0 Å². The number of piperazine rings is 1. The molecule has 1 aliphatic rings. The van der Waals surface area contributed by atoms with Crippen LogP contribution >= 0.6 is 0 Å². The lowest BCUT2D eigenvalue weighted by Crippen LogP contribution is -2.64. The van der Waals surface area contributed by atoms with Gasteiger partial charge in [-0.2, -0.15) is 0 Å². The van der Waals surface area contributed by atoms with Gasteiger partial charge in [0, 0.05) is 17.8 Å². The maximum absolute atomic E-state index is 12.5. The second kappa shape index (κ2) is 4.97. The number of carbonyl (C=O) groups is 1. The lowest BCUT2D eigenvalue weighted by Gasteiger charge is -2.43. The molecule has 0 aromatic heterocycles. The molecule has 19 heavy (non-hydrogen) atoms. The Labute approximate surface area is 116 Å². The van der Waals surface area contributed by atoms with E-state index in [1.165, 1.54) is 11.1 Å². The Balaban J connectivity index is 2.48. The number of amides is 1. The van der Waals surface area contributed by atoms with Gasteiger partial charge in [0.15, 0.2) is 0 Å². The molecule has 1 fully saturated rings. The molecule has 0 spiro atoms. The van der Waals surface area contributed by atoms with Gasteiger partial charge in [-0.1, -0.05) is 25.1 Å². The molecule has 3 nitrogen and oxygen atoms in total. The third-order valence-electron chi connectivity index (χ3n) is 3.77. The molecule has 1 unspecified atom stereocenters. The lowest BCUT2D eigenvalue weighted by molar-refractivity contribution is -0.122. The Hall–Kier alpha value is -1.35. The molecule has 104 valence electrons. The van der Waals surface area contributed by atoms with Crippen LogP contribution in [0.4, 0.5) is 5.69 Å². The molecule has 1 aromatic rings. The zero-order valence-corrected chi connectivity index (χ0v) is 12.6. The minimum Gasteiger partial charge on any atom is -0.309 e. The first-order valence-corrected chi connectivity index (χ1v) is 7.03. The van der Waals surface area contributed by atoms with Gasteiger partial charge >= 0.3 is 0 Å². The molecule has 2 rings (SSSR count). The smallest absolute Gasteiger partial charge is 0.243 e. The predicted molar refractivity (Wildman–Crippen MR) is 79.6 cm³/mol. The summed E-state index contributed by atoms with van der Waals surface area (Å²) in [5.41, 5.74) is 3.48. The zero-order valence-electron chi connectivity index (χ0n) is 12.6. The van der Waals surface area contributed by atoms with Crippen LogP contribution in [0.2, 0.25) is 0 Å². The largest absolute Gasteiger partial charge is 0.309 e. The quantitative estimate of drug-likeness (QED) is 0.886. The van der Waals surface area contributed by atoms with Gasteiger partial charge in [0.1, 0.15) is 0 Å². The van der Waals surface area contributed by atoms with Crippen molar-refractivity contribution in [2.75, 3.05) is 11.4 Å². The average molecular weight is 260 g/mol. The van der Waals surface area contributed by atoms with Crippen molar-refractivity contribution < 1.29 is 4.79 Å². The van der Waals surface area contributed by atoms with Gasteiger partial charge in [0.25, 0.3) is 0 Å². The Morgan fingerprint density at radius 2 is 2.11 bits per heavy atom. The maximum Gasteiger partial charge on any atom is 0.243 e. The second-order valence-corrected chi connectivity index (χ2v) is 6.11.